The zero-order chi connectivity index (χ0) is 16.4. The van der Waals surface area contributed by atoms with Crippen LogP contribution in [0.25, 0.3) is 10.2 Å². The number of rotatable bonds is 3. The highest BCUT2D eigenvalue weighted by molar-refractivity contribution is 7.18. The van der Waals surface area contributed by atoms with Crippen LogP contribution >= 0.6 is 22.9 Å². The first kappa shape index (κ1) is 15.7. The number of hydrogen-bond donors (Lipinski definition) is 1. The van der Waals surface area contributed by atoms with E-state index >= 15 is 0 Å². The van der Waals surface area contributed by atoms with Crippen molar-refractivity contribution in [1.29, 1.82) is 0 Å². The third kappa shape index (κ3) is 3.60. The van der Waals surface area contributed by atoms with Crippen molar-refractivity contribution in [2.24, 2.45) is 0 Å². The second-order valence-electron chi connectivity index (χ2n) is 4.99. The summed E-state index contributed by atoms with van der Waals surface area (Å²) >= 11 is 7.45. The number of fused-ring (bicyclic) bond motifs is 1. The average Bonchev–Trinajstić information content (AvgIpc) is 2.92. The maximum atomic E-state index is 13.0. The molecule has 0 spiro atoms. The zero-order valence-corrected chi connectivity index (χ0v) is 13.8. The van der Waals surface area contributed by atoms with E-state index in [0.29, 0.717) is 12.2 Å². The van der Waals surface area contributed by atoms with Gasteiger partial charge in [0.15, 0.2) is 0 Å². The number of halogens is 2. The van der Waals surface area contributed by atoms with E-state index in [-0.39, 0.29) is 11.1 Å². The topological polar surface area (TPSA) is 45.2 Å². The lowest BCUT2D eigenvalue weighted by Gasteiger charge is -2.17. The minimum absolute atomic E-state index is 0.159. The van der Waals surface area contributed by atoms with Crippen molar-refractivity contribution in [1.82, 2.24) is 9.88 Å². The summed E-state index contributed by atoms with van der Waals surface area (Å²) in [5.41, 5.74) is 1.29. The minimum atomic E-state index is -0.448. The van der Waals surface area contributed by atoms with Crippen LogP contribution in [0.1, 0.15) is 5.01 Å². The van der Waals surface area contributed by atoms with Gasteiger partial charge in [0.1, 0.15) is 10.8 Å². The first-order valence-electron chi connectivity index (χ1n) is 6.84. The zero-order valence-electron chi connectivity index (χ0n) is 12.2. The molecule has 0 aliphatic rings. The molecule has 0 aliphatic carbocycles. The van der Waals surface area contributed by atoms with Gasteiger partial charge in [-0.05, 0) is 30.3 Å². The Bertz CT molecular complexity index is 834. The van der Waals surface area contributed by atoms with Crippen molar-refractivity contribution in [2.75, 3.05) is 12.4 Å². The lowest BCUT2D eigenvalue weighted by Crippen LogP contribution is -2.30. The predicted molar refractivity (Wildman–Crippen MR) is 91.5 cm³/mol. The first-order valence-corrected chi connectivity index (χ1v) is 8.04. The van der Waals surface area contributed by atoms with Gasteiger partial charge >= 0.3 is 6.03 Å². The summed E-state index contributed by atoms with van der Waals surface area (Å²) < 4.78 is 14.1. The van der Waals surface area contributed by atoms with Gasteiger partial charge in [-0.3, -0.25) is 0 Å². The Labute approximate surface area is 141 Å². The number of para-hydroxylation sites is 1. The number of anilines is 1. The highest BCUT2D eigenvalue weighted by Crippen LogP contribution is 2.24. The van der Waals surface area contributed by atoms with Crippen LogP contribution in [0.2, 0.25) is 5.02 Å². The number of nitrogens with zero attached hydrogens (tertiary/aromatic N) is 2. The predicted octanol–water partition coefficient (Wildman–Crippen LogP) is 4.75. The molecule has 0 radical (unpaired) electrons. The van der Waals surface area contributed by atoms with E-state index in [1.165, 1.54) is 17.0 Å². The van der Waals surface area contributed by atoms with Crippen molar-refractivity contribution in [2.45, 2.75) is 6.54 Å². The first-order chi connectivity index (χ1) is 11.0. The molecule has 0 saturated heterocycles. The summed E-state index contributed by atoms with van der Waals surface area (Å²) in [4.78, 5) is 18.2. The summed E-state index contributed by atoms with van der Waals surface area (Å²) in [5, 5.41) is 3.66. The Morgan fingerprint density at radius 1 is 1.35 bits per heavy atom. The second kappa shape index (κ2) is 6.52. The Kier molecular flexibility index (Phi) is 4.45. The number of aromatic nitrogens is 1. The van der Waals surface area contributed by atoms with Gasteiger partial charge in [0.05, 0.1) is 27.5 Å². The molecular weight excluding hydrogens is 337 g/mol. The third-order valence-corrected chi connectivity index (χ3v) is 4.56. The molecule has 23 heavy (non-hydrogen) atoms. The van der Waals surface area contributed by atoms with Gasteiger partial charge in [-0.25, -0.2) is 14.2 Å². The summed E-state index contributed by atoms with van der Waals surface area (Å²) in [5.74, 6) is -0.448. The van der Waals surface area contributed by atoms with Gasteiger partial charge in [0, 0.05) is 7.05 Å². The van der Waals surface area contributed by atoms with Gasteiger partial charge < -0.3 is 10.2 Å². The standard InChI is InChI=1S/C16H13ClFN3OS/c1-21(9-15-19-13-4-2-3-5-14(13)23-15)16(22)20-12-7-6-10(18)8-11(12)17/h2-8H,9H2,1H3,(H,20,22). The average molecular weight is 350 g/mol. The Balaban J connectivity index is 1.69. The number of thiazole rings is 1. The number of nitrogens with one attached hydrogen (secondary N) is 1. The van der Waals surface area contributed by atoms with Crippen LogP contribution in [0, 0.1) is 5.82 Å². The molecule has 7 heteroatoms. The lowest BCUT2D eigenvalue weighted by molar-refractivity contribution is 0.220. The molecule has 2 aromatic carbocycles. The maximum absolute atomic E-state index is 13.0. The molecule has 0 atom stereocenters. The number of benzene rings is 2. The number of carbonyl (C=O) groups is 1. The maximum Gasteiger partial charge on any atom is 0.322 e. The number of hydrogen-bond acceptors (Lipinski definition) is 3. The van der Waals surface area contributed by atoms with Crippen molar-refractivity contribution in [3.8, 4) is 0 Å². The second-order valence-corrected chi connectivity index (χ2v) is 6.51. The number of urea groups is 1. The van der Waals surface area contributed by atoms with E-state index in [1.807, 2.05) is 24.3 Å². The fourth-order valence-electron chi connectivity index (χ4n) is 2.06. The molecule has 2 amide bonds. The molecular formula is C16H13ClFN3OS. The Hall–Kier alpha value is -2.18. The third-order valence-electron chi connectivity index (χ3n) is 3.23. The molecule has 0 aliphatic heterocycles. The van der Waals surface area contributed by atoms with Crippen LogP contribution in [0.3, 0.4) is 0 Å². The molecule has 118 valence electrons. The smallest absolute Gasteiger partial charge is 0.321 e. The molecule has 0 saturated carbocycles. The van der Waals surface area contributed by atoms with Crippen molar-refractivity contribution in [3.63, 3.8) is 0 Å². The monoisotopic (exact) mass is 349 g/mol. The molecule has 0 fully saturated rings. The van der Waals surface area contributed by atoms with Gasteiger partial charge in [-0.15, -0.1) is 11.3 Å². The normalized spacial score (nSPS) is 10.7. The summed E-state index contributed by atoms with van der Waals surface area (Å²) in [6.45, 7) is 0.379. The fourth-order valence-corrected chi connectivity index (χ4v) is 3.30. The Morgan fingerprint density at radius 3 is 2.87 bits per heavy atom. The van der Waals surface area contributed by atoms with Crippen LogP contribution < -0.4 is 5.32 Å². The number of carbonyl (C=O) groups excluding carboxylic acids is 1. The van der Waals surface area contributed by atoms with E-state index in [4.69, 9.17) is 11.6 Å². The van der Waals surface area contributed by atoms with Crippen LogP contribution in [0.4, 0.5) is 14.9 Å². The van der Waals surface area contributed by atoms with E-state index in [1.54, 1.807) is 18.4 Å². The molecule has 1 aromatic heterocycles. The van der Waals surface area contributed by atoms with Crippen LogP contribution in [-0.2, 0) is 6.54 Å². The van der Waals surface area contributed by atoms with E-state index in [2.05, 4.69) is 10.3 Å². The molecule has 0 bridgehead atoms. The van der Waals surface area contributed by atoms with Crippen LogP contribution in [0.5, 0.6) is 0 Å². The molecule has 3 rings (SSSR count). The molecule has 0 unspecified atom stereocenters. The van der Waals surface area contributed by atoms with Gasteiger partial charge in [0.25, 0.3) is 0 Å². The summed E-state index contributed by atoms with van der Waals surface area (Å²) in [7, 11) is 1.67. The summed E-state index contributed by atoms with van der Waals surface area (Å²) in [6.07, 6.45) is 0. The lowest BCUT2D eigenvalue weighted by atomic mass is 10.3. The van der Waals surface area contributed by atoms with Crippen LogP contribution in [0.15, 0.2) is 42.5 Å². The SMILES string of the molecule is CN(Cc1nc2ccccc2s1)C(=O)Nc1ccc(F)cc1Cl. The highest BCUT2D eigenvalue weighted by Gasteiger charge is 2.13. The van der Waals surface area contributed by atoms with Crippen molar-refractivity contribution < 1.29 is 9.18 Å². The van der Waals surface area contributed by atoms with E-state index in [9.17, 15) is 9.18 Å². The number of amides is 2. The van der Waals surface area contributed by atoms with E-state index < -0.39 is 5.82 Å². The van der Waals surface area contributed by atoms with Crippen LogP contribution in [-0.4, -0.2) is 23.0 Å². The van der Waals surface area contributed by atoms with Gasteiger partial charge in [-0.2, -0.15) is 0 Å². The van der Waals surface area contributed by atoms with Crippen molar-refractivity contribution >= 4 is 44.9 Å². The highest BCUT2D eigenvalue weighted by atomic mass is 35.5. The molecule has 4 nitrogen and oxygen atoms in total. The largest absolute Gasteiger partial charge is 0.322 e. The Morgan fingerprint density at radius 2 is 2.13 bits per heavy atom. The minimum Gasteiger partial charge on any atom is -0.321 e. The molecule has 1 N–H and O–H groups in total. The summed E-state index contributed by atoms with van der Waals surface area (Å²) in [6, 6.07) is 11.3. The molecule has 1 heterocycles. The quantitative estimate of drug-likeness (QED) is 0.741. The molecule has 3 aromatic rings. The van der Waals surface area contributed by atoms with Gasteiger partial charge in [-0.1, -0.05) is 23.7 Å². The van der Waals surface area contributed by atoms with Gasteiger partial charge in [0.2, 0.25) is 0 Å². The van der Waals surface area contributed by atoms with Crippen molar-refractivity contribution in [3.05, 3.63) is 58.3 Å². The van der Waals surface area contributed by atoms with E-state index in [0.717, 1.165) is 21.3 Å². The fraction of sp³-hybridized carbons (Fsp3) is 0.125.